The molecule has 146 valence electrons. The Morgan fingerprint density at radius 2 is 2.08 bits per heavy atom. The molecule has 1 heterocycles. The minimum atomic E-state index is -1.35. The van der Waals surface area contributed by atoms with Crippen molar-refractivity contribution in [2.24, 2.45) is 23.7 Å². The van der Waals surface area contributed by atoms with Gasteiger partial charge in [0.05, 0.1) is 12.2 Å². The SMILES string of the molecule is CC1=CC[C@H](C(C)C)[C@@H]2[C@H]1[C@@H](CC#C[Si](C)(C)C)O[C@H]2/C(C)=C/CCO. The van der Waals surface area contributed by atoms with Crippen LogP contribution in [0.4, 0.5) is 0 Å². The molecule has 2 nitrogen and oxygen atoms in total. The van der Waals surface area contributed by atoms with Gasteiger partial charge in [-0.25, -0.2) is 0 Å². The molecule has 2 rings (SSSR count). The molecular formula is C23H38O2Si. The van der Waals surface area contributed by atoms with E-state index in [0.717, 1.165) is 12.8 Å². The Bertz CT molecular complexity index is 600. The molecule has 0 aromatic rings. The standard InChI is InChI=1S/C23H38O2Si/c1-16(2)19-13-12-17(3)21-20(11-9-15-26(5,6)7)25-23(22(19)21)18(4)10-8-14-24/h10,12,16,19-24H,8,11,13-14H2,1-7H3/b18-10+/t19-,20-,21-,22-,23+/m1/s1. The Kier molecular flexibility index (Phi) is 7.36. The predicted molar refractivity (Wildman–Crippen MR) is 114 cm³/mol. The first-order valence-corrected chi connectivity index (χ1v) is 13.8. The summed E-state index contributed by atoms with van der Waals surface area (Å²) in [4.78, 5) is 0. The molecule has 1 aliphatic heterocycles. The van der Waals surface area contributed by atoms with Gasteiger partial charge in [0, 0.05) is 24.9 Å². The molecule has 1 saturated heterocycles. The second-order valence-corrected chi connectivity index (χ2v) is 14.3. The fourth-order valence-electron chi connectivity index (χ4n) is 4.63. The minimum absolute atomic E-state index is 0.168. The molecule has 3 heteroatoms. The van der Waals surface area contributed by atoms with Crippen molar-refractivity contribution in [1.82, 2.24) is 0 Å². The molecule has 2 aliphatic rings. The van der Waals surface area contributed by atoms with Gasteiger partial charge in [-0.15, -0.1) is 11.5 Å². The monoisotopic (exact) mass is 374 g/mol. The van der Waals surface area contributed by atoms with Gasteiger partial charge < -0.3 is 9.84 Å². The quantitative estimate of drug-likeness (QED) is 0.407. The van der Waals surface area contributed by atoms with Crippen LogP contribution in [0.15, 0.2) is 23.3 Å². The van der Waals surface area contributed by atoms with E-state index < -0.39 is 8.07 Å². The number of aliphatic hydroxyl groups excluding tert-OH is 1. The molecular weight excluding hydrogens is 336 g/mol. The number of aliphatic hydroxyl groups is 1. The number of ether oxygens (including phenoxy) is 1. The molecule has 0 aromatic heterocycles. The summed E-state index contributed by atoms with van der Waals surface area (Å²) in [6.45, 7) is 16.2. The largest absolute Gasteiger partial charge is 0.396 e. The van der Waals surface area contributed by atoms with E-state index in [9.17, 15) is 5.11 Å². The second kappa shape index (κ2) is 8.91. The highest BCUT2D eigenvalue weighted by atomic mass is 28.3. The lowest BCUT2D eigenvalue weighted by atomic mass is 9.65. The van der Waals surface area contributed by atoms with Gasteiger partial charge in [0.25, 0.3) is 0 Å². The Hall–Kier alpha value is -0.823. The first-order valence-electron chi connectivity index (χ1n) is 10.3. The van der Waals surface area contributed by atoms with Gasteiger partial charge in [-0.3, -0.25) is 0 Å². The van der Waals surface area contributed by atoms with Crippen molar-refractivity contribution < 1.29 is 9.84 Å². The zero-order chi connectivity index (χ0) is 19.5. The van der Waals surface area contributed by atoms with Crippen LogP contribution in [0.25, 0.3) is 0 Å². The van der Waals surface area contributed by atoms with Crippen molar-refractivity contribution in [3.05, 3.63) is 23.3 Å². The molecule has 1 N–H and O–H groups in total. The van der Waals surface area contributed by atoms with E-state index in [1.165, 1.54) is 11.1 Å². The molecule has 1 fully saturated rings. The van der Waals surface area contributed by atoms with Crippen molar-refractivity contribution in [1.29, 1.82) is 0 Å². The van der Waals surface area contributed by atoms with Crippen molar-refractivity contribution in [2.45, 2.75) is 78.8 Å². The Morgan fingerprint density at radius 3 is 2.65 bits per heavy atom. The van der Waals surface area contributed by atoms with Crippen LogP contribution < -0.4 is 0 Å². The Labute approximate surface area is 162 Å². The molecule has 0 aromatic carbocycles. The molecule has 5 atom stereocenters. The summed E-state index contributed by atoms with van der Waals surface area (Å²) in [7, 11) is -1.35. The third kappa shape index (κ3) is 5.12. The second-order valence-electron chi connectivity index (χ2n) is 9.51. The van der Waals surface area contributed by atoms with Gasteiger partial charge in [-0.05, 0) is 44.1 Å². The first-order chi connectivity index (χ1) is 12.2. The molecule has 1 aliphatic carbocycles. The van der Waals surface area contributed by atoms with Crippen LogP contribution >= 0.6 is 0 Å². The molecule has 26 heavy (non-hydrogen) atoms. The fourth-order valence-corrected chi connectivity index (χ4v) is 5.26. The molecule has 0 amide bonds. The van der Waals surface area contributed by atoms with Gasteiger partial charge in [-0.2, -0.15) is 0 Å². The number of rotatable bonds is 5. The number of fused-ring (bicyclic) bond motifs is 1. The van der Waals surface area contributed by atoms with Crippen molar-refractivity contribution in [3.63, 3.8) is 0 Å². The van der Waals surface area contributed by atoms with Gasteiger partial charge in [0.2, 0.25) is 0 Å². The lowest BCUT2D eigenvalue weighted by Crippen LogP contribution is -2.36. The summed E-state index contributed by atoms with van der Waals surface area (Å²) in [6.07, 6.45) is 7.69. The summed E-state index contributed by atoms with van der Waals surface area (Å²) in [5, 5.41) is 9.21. The Morgan fingerprint density at radius 1 is 1.38 bits per heavy atom. The average molecular weight is 375 g/mol. The highest BCUT2D eigenvalue weighted by Gasteiger charge is 2.50. The lowest BCUT2D eigenvalue weighted by molar-refractivity contribution is 0.0465. The highest BCUT2D eigenvalue weighted by Crippen LogP contribution is 2.50. The van der Waals surface area contributed by atoms with Crippen LogP contribution in [0.5, 0.6) is 0 Å². The third-order valence-electron chi connectivity index (χ3n) is 5.89. The van der Waals surface area contributed by atoms with E-state index in [0.29, 0.717) is 30.1 Å². The third-order valence-corrected chi connectivity index (χ3v) is 6.81. The maximum atomic E-state index is 9.21. The average Bonchev–Trinajstić information content (AvgIpc) is 2.92. The maximum Gasteiger partial charge on any atom is 0.129 e. The lowest BCUT2D eigenvalue weighted by Gasteiger charge is -2.38. The molecule has 0 bridgehead atoms. The summed E-state index contributed by atoms with van der Waals surface area (Å²) < 4.78 is 6.66. The predicted octanol–water partition coefficient (Wildman–Crippen LogP) is 5.21. The van der Waals surface area contributed by atoms with E-state index in [1.807, 2.05) is 0 Å². The van der Waals surface area contributed by atoms with Crippen LogP contribution in [0.1, 0.15) is 47.0 Å². The zero-order valence-electron chi connectivity index (χ0n) is 17.8. The van der Waals surface area contributed by atoms with Crippen molar-refractivity contribution >= 4 is 8.07 Å². The van der Waals surface area contributed by atoms with Crippen LogP contribution in [0.2, 0.25) is 19.6 Å². The smallest absolute Gasteiger partial charge is 0.129 e. The summed E-state index contributed by atoms with van der Waals surface area (Å²) in [6, 6.07) is 0. The number of hydrogen-bond acceptors (Lipinski definition) is 2. The summed E-state index contributed by atoms with van der Waals surface area (Å²) in [5.74, 6) is 5.79. The van der Waals surface area contributed by atoms with E-state index in [-0.39, 0.29) is 18.8 Å². The molecule has 0 radical (unpaired) electrons. The molecule has 0 saturated carbocycles. The van der Waals surface area contributed by atoms with E-state index in [1.54, 1.807) is 0 Å². The van der Waals surface area contributed by atoms with Crippen LogP contribution in [-0.2, 0) is 4.74 Å². The van der Waals surface area contributed by atoms with E-state index >= 15 is 0 Å². The molecule has 0 spiro atoms. The normalized spacial score (nSPS) is 32.1. The highest BCUT2D eigenvalue weighted by molar-refractivity contribution is 6.83. The van der Waals surface area contributed by atoms with Gasteiger partial charge in [0.1, 0.15) is 8.07 Å². The number of allylic oxidation sites excluding steroid dienone is 1. The minimum Gasteiger partial charge on any atom is -0.396 e. The Balaban J connectivity index is 2.32. The summed E-state index contributed by atoms with van der Waals surface area (Å²) >= 11 is 0. The van der Waals surface area contributed by atoms with E-state index in [4.69, 9.17) is 4.74 Å². The van der Waals surface area contributed by atoms with Gasteiger partial charge in [-0.1, -0.05) is 51.2 Å². The topological polar surface area (TPSA) is 29.5 Å². The zero-order valence-corrected chi connectivity index (χ0v) is 18.8. The van der Waals surface area contributed by atoms with Crippen molar-refractivity contribution in [3.8, 4) is 11.5 Å². The van der Waals surface area contributed by atoms with Gasteiger partial charge in [0.15, 0.2) is 0 Å². The van der Waals surface area contributed by atoms with E-state index in [2.05, 4.69) is 71.0 Å². The van der Waals surface area contributed by atoms with Gasteiger partial charge >= 0.3 is 0 Å². The summed E-state index contributed by atoms with van der Waals surface area (Å²) in [5.41, 5.74) is 6.29. The maximum absolute atomic E-state index is 9.21. The fraction of sp³-hybridized carbons (Fsp3) is 0.739. The van der Waals surface area contributed by atoms with Crippen molar-refractivity contribution in [2.75, 3.05) is 6.61 Å². The van der Waals surface area contributed by atoms with Crippen LogP contribution in [0.3, 0.4) is 0 Å². The van der Waals surface area contributed by atoms with Crippen LogP contribution in [-0.4, -0.2) is 32.0 Å². The van der Waals surface area contributed by atoms with Crippen LogP contribution in [0, 0.1) is 35.1 Å². The molecule has 0 unspecified atom stereocenters. The first kappa shape index (κ1) is 21.5. The number of hydrogen-bond donors (Lipinski definition) is 1.